The Kier molecular flexibility index (Phi) is 1.37. The molecule has 0 aromatic heterocycles. The zero-order valence-electron chi connectivity index (χ0n) is 7.96. The standard InChI is InChI=1S/C12H15N/c1-9-12(7-11(12)8-13-9)10-5-3-2-4-6-10/h2-6,9,11,13H,7-8H2,1H3/t9-,11?,12-/m1/s1. The molecule has 68 valence electrons. The first-order valence-corrected chi connectivity index (χ1v) is 5.13. The summed E-state index contributed by atoms with van der Waals surface area (Å²) < 4.78 is 0. The minimum Gasteiger partial charge on any atom is -0.313 e. The summed E-state index contributed by atoms with van der Waals surface area (Å²) in [6.07, 6.45) is 1.39. The van der Waals surface area contributed by atoms with Gasteiger partial charge in [-0.1, -0.05) is 30.3 Å². The van der Waals surface area contributed by atoms with Crippen LogP contribution >= 0.6 is 0 Å². The van der Waals surface area contributed by atoms with E-state index in [4.69, 9.17) is 0 Å². The smallest absolute Gasteiger partial charge is 0.0148 e. The molecule has 1 aliphatic carbocycles. The van der Waals surface area contributed by atoms with Crippen LogP contribution in [-0.2, 0) is 5.41 Å². The van der Waals surface area contributed by atoms with Crippen molar-refractivity contribution in [3.8, 4) is 0 Å². The van der Waals surface area contributed by atoms with Gasteiger partial charge in [-0.3, -0.25) is 0 Å². The molecular formula is C12H15N. The Balaban J connectivity index is 2.02. The zero-order chi connectivity index (χ0) is 8.89. The van der Waals surface area contributed by atoms with Crippen LogP contribution in [0.2, 0.25) is 0 Å². The van der Waals surface area contributed by atoms with E-state index in [1.807, 2.05) is 0 Å². The van der Waals surface area contributed by atoms with Crippen molar-refractivity contribution in [2.45, 2.75) is 24.8 Å². The molecule has 3 rings (SSSR count). The summed E-state index contributed by atoms with van der Waals surface area (Å²) in [4.78, 5) is 0. The van der Waals surface area contributed by atoms with Gasteiger partial charge in [-0.15, -0.1) is 0 Å². The van der Waals surface area contributed by atoms with Crippen molar-refractivity contribution >= 4 is 0 Å². The van der Waals surface area contributed by atoms with Gasteiger partial charge in [-0.05, 0) is 31.4 Å². The van der Waals surface area contributed by atoms with Crippen LogP contribution in [0.3, 0.4) is 0 Å². The summed E-state index contributed by atoms with van der Waals surface area (Å²) in [5.41, 5.74) is 2.04. The van der Waals surface area contributed by atoms with Gasteiger partial charge < -0.3 is 5.32 Å². The zero-order valence-corrected chi connectivity index (χ0v) is 7.96. The highest BCUT2D eigenvalue weighted by molar-refractivity contribution is 5.38. The van der Waals surface area contributed by atoms with E-state index in [1.165, 1.54) is 18.5 Å². The van der Waals surface area contributed by atoms with Crippen LogP contribution in [0.1, 0.15) is 18.9 Å². The van der Waals surface area contributed by atoms with Crippen LogP contribution in [0.15, 0.2) is 30.3 Å². The van der Waals surface area contributed by atoms with Crippen molar-refractivity contribution in [3.63, 3.8) is 0 Å². The minimum atomic E-state index is 0.501. The van der Waals surface area contributed by atoms with Gasteiger partial charge in [0.05, 0.1) is 0 Å². The average Bonchev–Trinajstić information content (AvgIpc) is 2.84. The molecule has 1 saturated carbocycles. The van der Waals surface area contributed by atoms with E-state index < -0.39 is 0 Å². The van der Waals surface area contributed by atoms with Gasteiger partial charge in [-0.25, -0.2) is 0 Å². The highest BCUT2D eigenvalue weighted by Crippen LogP contribution is 2.59. The fraction of sp³-hybridized carbons (Fsp3) is 0.500. The summed E-state index contributed by atoms with van der Waals surface area (Å²) in [5, 5.41) is 3.56. The second-order valence-electron chi connectivity index (χ2n) is 4.44. The third kappa shape index (κ3) is 0.856. The van der Waals surface area contributed by atoms with Crippen LogP contribution in [0.5, 0.6) is 0 Å². The van der Waals surface area contributed by atoms with E-state index >= 15 is 0 Å². The quantitative estimate of drug-likeness (QED) is 0.684. The van der Waals surface area contributed by atoms with Crippen LogP contribution in [0.4, 0.5) is 0 Å². The average molecular weight is 173 g/mol. The first-order valence-electron chi connectivity index (χ1n) is 5.13. The molecule has 13 heavy (non-hydrogen) atoms. The van der Waals surface area contributed by atoms with Gasteiger partial charge >= 0.3 is 0 Å². The highest BCUT2D eigenvalue weighted by Gasteiger charge is 2.61. The van der Waals surface area contributed by atoms with Gasteiger partial charge in [0.1, 0.15) is 0 Å². The Morgan fingerprint density at radius 3 is 2.62 bits per heavy atom. The number of benzene rings is 1. The van der Waals surface area contributed by atoms with Crippen molar-refractivity contribution in [3.05, 3.63) is 35.9 Å². The molecule has 2 fully saturated rings. The number of hydrogen-bond acceptors (Lipinski definition) is 1. The molecule has 1 N–H and O–H groups in total. The topological polar surface area (TPSA) is 12.0 Å². The predicted octanol–water partition coefficient (Wildman–Crippen LogP) is 1.94. The maximum absolute atomic E-state index is 3.56. The number of piperidine rings is 1. The summed E-state index contributed by atoms with van der Waals surface area (Å²) in [6.45, 7) is 3.54. The van der Waals surface area contributed by atoms with Crippen molar-refractivity contribution in [2.24, 2.45) is 5.92 Å². The molecule has 3 atom stereocenters. The molecular weight excluding hydrogens is 158 g/mol. The van der Waals surface area contributed by atoms with E-state index in [2.05, 4.69) is 42.6 Å². The third-order valence-corrected chi connectivity index (χ3v) is 3.91. The Bertz CT molecular complexity index is 319. The molecule has 1 heteroatoms. The fourth-order valence-electron chi connectivity index (χ4n) is 2.99. The van der Waals surface area contributed by atoms with E-state index in [1.54, 1.807) is 0 Å². The third-order valence-electron chi connectivity index (χ3n) is 3.91. The molecule has 1 unspecified atom stereocenters. The fourth-order valence-corrected chi connectivity index (χ4v) is 2.99. The molecule has 0 spiro atoms. The van der Waals surface area contributed by atoms with Gasteiger partial charge in [0.25, 0.3) is 0 Å². The number of hydrogen-bond donors (Lipinski definition) is 1. The maximum atomic E-state index is 3.56. The van der Waals surface area contributed by atoms with Crippen molar-refractivity contribution in [2.75, 3.05) is 6.54 Å². The largest absolute Gasteiger partial charge is 0.313 e. The molecule has 1 aromatic rings. The van der Waals surface area contributed by atoms with Crippen LogP contribution in [0.25, 0.3) is 0 Å². The highest BCUT2D eigenvalue weighted by atomic mass is 15.0. The summed E-state index contributed by atoms with van der Waals surface area (Å²) in [6, 6.07) is 11.6. The molecule has 0 radical (unpaired) electrons. The predicted molar refractivity (Wildman–Crippen MR) is 53.7 cm³/mol. The first kappa shape index (κ1) is 7.57. The van der Waals surface area contributed by atoms with E-state index in [0.717, 1.165) is 5.92 Å². The normalized spacial score (nSPS) is 41.6. The molecule has 1 nitrogen and oxygen atoms in total. The molecule has 1 aromatic carbocycles. The lowest BCUT2D eigenvalue weighted by molar-refractivity contribution is 0.520. The van der Waals surface area contributed by atoms with Gasteiger partial charge in [0, 0.05) is 11.5 Å². The van der Waals surface area contributed by atoms with Crippen LogP contribution in [-0.4, -0.2) is 12.6 Å². The van der Waals surface area contributed by atoms with E-state index in [9.17, 15) is 0 Å². The Hall–Kier alpha value is -0.820. The molecule has 0 amide bonds. The van der Waals surface area contributed by atoms with Crippen molar-refractivity contribution in [1.29, 1.82) is 0 Å². The molecule has 1 heterocycles. The second-order valence-corrected chi connectivity index (χ2v) is 4.44. The lowest BCUT2D eigenvalue weighted by atomic mass is 9.89. The number of fused-ring (bicyclic) bond motifs is 1. The van der Waals surface area contributed by atoms with Crippen LogP contribution in [0, 0.1) is 5.92 Å². The lowest BCUT2D eigenvalue weighted by Gasteiger charge is -2.19. The molecule has 0 bridgehead atoms. The van der Waals surface area contributed by atoms with E-state index in [0.29, 0.717) is 11.5 Å². The van der Waals surface area contributed by atoms with Crippen LogP contribution < -0.4 is 5.32 Å². The first-order chi connectivity index (χ1) is 6.34. The van der Waals surface area contributed by atoms with E-state index in [-0.39, 0.29) is 0 Å². The van der Waals surface area contributed by atoms with Gasteiger partial charge in [-0.2, -0.15) is 0 Å². The van der Waals surface area contributed by atoms with Crippen molar-refractivity contribution in [1.82, 2.24) is 5.32 Å². The SMILES string of the molecule is C[C@H]1NCC2C[C@@]21c1ccccc1. The summed E-state index contributed by atoms with van der Waals surface area (Å²) in [5.74, 6) is 0.907. The summed E-state index contributed by atoms with van der Waals surface area (Å²) >= 11 is 0. The summed E-state index contributed by atoms with van der Waals surface area (Å²) in [7, 11) is 0. The number of nitrogens with one attached hydrogen (secondary N) is 1. The monoisotopic (exact) mass is 173 g/mol. The Morgan fingerprint density at radius 2 is 2.08 bits per heavy atom. The number of rotatable bonds is 1. The van der Waals surface area contributed by atoms with Gasteiger partial charge in [0.2, 0.25) is 0 Å². The second kappa shape index (κ2) is 2.36. The molecule has 2 aliphatic rings. The maximum Gasteiger partial charge on any atom is 0.0148 e. The molecule has 1 aliphatic heterocycles. The minimum absolute atomic E-state index is 0.501. The Labute approximate surface area is 79.2 Å². The van der Waals surface area contributed by atoms with Crippen molar-refractivity contribution < 1.29 is 0 Å². The Morgan fingerprint density at radius 1 is 1.31 bits per heavy atom. The van der Waals surface area contributed by atoms with Gasteiger partial charge in [0.15, 0.2) is 0 Å². The lowest BCUT2D eigenvalue weighted by Crippen LogP contribution is -2.31. The molecule has 1 saturated heterocycles.